The number of rotatable bonds is 4. The first-order chi connectivity index (χ1) is 12.5. The largest absolute Gasteiger partial charge is 0.417 e. The molecule has 2 aromatic heterocycles. The molecule has 0 radical (unpaired) electrons. The quantitative estimate of drug-likeness (QED) is 0.749. The van der Waals surface area contributed by atoms with Crippen LogP contribution in [0, 0.1) is 0 Å². The SMILES string of the molecule is CC(C)(C)c1cc(NC(O)[C@@H]2CCN2c2ncc(C(F)(F)F)cc2Cl)no1. The molecule has 1 aliphatic rings. The summed E-state index contributed by atoms with van der Waals surface area (Å²) in [6, 6.07) is 2.14. The number of aliphatic hydroxyl groups excluding tert-OH is 1. The number of nitrogens with one attached hydrogen (secondary N) is 1. The minimum Gasteiger partial charge on any atom is -0.372 e. The highest BCUT2D eigenvalue weighted by molar-refractivity contribution is 6.33. The second kappa shape index (κ2) is 6.87. The van der Waals surface area contributed by atoms with Crippen molar-refractivity contribution in [2.75, 3.05) is 16.8 Å². The Morgan fingerprint density at radius 2 is 2.04 bits per heavy atom. The second-order valence-corrected chi connectivity index (χ2v) is 7.90. The number of halogens is 4. The molecule has 3 heterocycles. The summed E-state index contributed by atoms with van der Waals surface area (Å²) in [7, 11) is 0. The molecule has 10 heteroatoms. The molecule has 3 rings (SSSR count). The highest BCUT2D eigenvalue weighted by Gasteiger charge is 2.38. The fourth-order valence-corrected chi connectivity index (χ4v) is 3.01. The van der Waals surface area contributed by atoms with Gasteiger partial charge in [0.1, 0.15) is 17.8 Å². The molecule has 1 fully saturated rings. The molecule has 0 aliphatic carbocycles. The summed E-state index contributed by atoms with van der Waals surface area (Å²) in [5, 5.41) is 17.1. The Balaban J connectivity index is 1.71. The smallest absolute Gasteiger partial charge is 0.372 e. The second-order valence-electron chi connectivity index (χ2n) is 7.49. The van der Waals surface area contributed by atoms with Crippen molar-refractivity contribution in [1.82, 2.24) is 10.1 Å². The Hall–Kier alpha value is -2.00. The topological polar surface area (TPSA) is 74.4 Å². The van der Waals surface area contributed by atoms with E-state index in [1.165, 1.54) is 0 Å². The number of aromatic nitrogens is 2. The van der Waals surface area contributed by atoms with E-state index in [1.807, 2.05) is 20.8 Å². The van der Waals surface area contributed by atoms with E-state index in [-0.39, 0.29) is 16.3 Å². The van der Waals surface area contributed by atoms with Crippen LogP contribution in [0.3, 0.4) is 0 Å². The Bertz CT molecular complexity index is 819. The maximum atomic E-state index is 12.8. The summed E-state index contributed by atoms with van der Waals surface area (Å²) in [4.78, 5) is 5.50. The third kappa shape index (κ3) is 4.14. The van der Waals surface area contributed by atoms with Crippen molar-refractivity contribution in [2.24, 2.45) is 0 Å². The average molecular weight is 405 g/mol. The van der Waals surface area contributed by atoms with Gasteiger partial charge in [-0.25, -0.2) is 4.98 Å². The van der Waals surface area contributed by atoms with Gasteiger partial charge in [-0.3, -0.25) is 0 Å². The molecule has 2 aromatic rings. The normalized spacial score (nSPS) is 19.0. The van der Waals surface area contributed by atoms with Crippen molar-refractivity contribution in [2.45, 2.75) is 51.1 Å². The maximum Gasteiger partial charge on any atom is 0.417 e. The Kier molecular flexibility index (Phi) is 5.02. The van der Waals surface area contributed by atoms with Crippen LogP contribution < -0.4 is 10.2 Å². The number of hydrogen-bond donors (Lipinski definition) is 2. The van der Waals surface area contributed by atoms with Crippen molar-refractivity contribution in [3.63, 3.8) is 0 Å². The molecular weight excluding hydrogens is 385 g/mol. The predicted molar refractivity (Wildman–Crippen MR) is 94.8 cm³/mol. The molecule has 148 valence electrons. The highest BCUT2D eigenvalue weighted by Crippen LogP contribution is 2.37. The summed E-state index contributed by atoms with van der Waals surface area (Å²) in [5.41, 5.74) is -1.14. The van der Waals surface area contributed by atoms with E-state index in [0.29, 0.717) is 24.5 Å². The molecular formula is C17H20ClF3N4O2. The van der Waals surface area contributed by atoms with Crippen molar-refractivity contribution in [3.8, 4) is 0 Å². The van der Waals surface area contributed by atoms with Crippen LogP contribution in [0.5, 0.6) is 0 Å². The van der Waals surface area contributed by atoms with Gasteiger partial charge in [0, 0.05) is 24.2 Å². The summed E-state index contributed by atoms with van der Waals surface area (Å²) < 4.78 is 43.5. The van der Waals surface area contributed by atoms with Gasteiger partial charge in [0.15, 0.2) is 5.82 Å². The van der Waals surface area contributed by atoms with Crippen LogP contribution >= 0.6 is 11.6 Å². The Morgan fingerprint density at radius 3 is 2.52 bits per heavy atom. The van der Waals surface area contributed by atoms with Crippen molar-refractivity contribution < 1.29 is 22.8 Å². The minimum atomic E-state index is -4.51. The van der Waals surface area contributed by atoms with Gasteiger partial charge in [0.2, 0.25) is 0 Å². The lowest BCUT2D eigenvalue weighted by Gasteiger charge is -2.44. The van der Waals surface area contributed by atoms with E-state index in [0.717, 1.165) is 12.3 Å². The maximum absolute atomic E-state index is 12.8. The van der Waals surface area contributed by atoms with Crippen LogP contribution in [-0.4, -0.2) is 34.1 Å². The lowest BCUT2D eigenvalue weighted by Crippen LogP contribution is -2.57. The third-order valence-corrected chi connectivity index (χ3v) is 4.67. The molecule has 0 amide bonds. The van der Waals surface area contributed by atoms with Gasteiger partial charge in [-0.2, -0.15) is 13.2 Å². The van der Waals surface area contributed by atoms with E-state index in [9.17, 15) is 18.3 Å². The molecule has 1 saturated heterocycles. The molecule has 27 heavy (non-hydrogen) atoms. The molecule has 2 atom stereocenters. The zero-order valence-electron chi connectivity index (χ0n) is 15.0. The lowest BCUT2D eigenvalue weighted by atomic mass is 9.93. The van der Waals surface area contributed by atoms with Crippen LogP contribution in [0.4, 0.5) is 24.8 Å². The molecule has 1 aliphatic heterocycles. The highest BCUT2D eigenvalue weighted by atomic mass is 35.5. The predicted octanol–water partition coefficient (Wildman–Crippen LogP) is 4.05. The van der Waals surface area contributed by atoms with Crippen LogP contribution in [0.1, 0.15) is 38.5 Å². The number of aliphatic hydroxyl groups is 1. The van der Waals surface area contributed by atoms with Crippen LogP contribution in [0.25, 0.3) is 0 Å². The minimum absolute atomic E-state index is 0.113. The number of hydrogen-bond acceptors (Lipinski definition) is 6. The van der Waals surface area contributed by atoms with Gasteiger partial charge in [-0.15, -0.1) is 0 Å². The average Bonchev–Trinajstić information content (AvgIpc) is 2.95. The number of anilines is 2. The van der Waals surface area contributed by atoms with Gasteiger partial charge in [-0.05, 0) is 12.5 Å². The molecule has 2 N–H and O–H groups in total. The molecule has 1 unspecified atom stereocenters. The van der Waals surface area contributed by atoms with Crippen molar-refractivity contribution >= 4 is 23.2 Å². The lowest BCUT2D eigenvalue weighted by molar-refractivity contribution is -0.137. The summed E-state index contributed by atoms with van der Waals surface area (Å²) >= 11 is 5.99. The van der Waals surface area contributed by atoms with Gasteiger partial charge >= 0.3 is 6.18 Å². The first-order valence-corrected chi connectivity index (χ1v) is 8.76. The molecule has 0 bridgehead atoms. The van der Waals surface area contributed by atoms with E-state index < -0.39 is 24.0 Å². The van der Waals surface area contributed by atoms with Crippen molar-refractivity contribution in [1.29, 1.82) is 0 Å². The number of pyridine rings is 1. The Labute approximate surface area is 159 Å². The van der Waals surface area contributed by atoms with Gasteiger partial charge in [-0.1, -0.05) is 37.5 Å². The summed E-state index contributed by atoms with van der Waals surface area (Å²) in [6.45, 7) is 6.44. The molecule has 6 nitrogen and oxygen atoms in total. The molecule has 0 spiro atoms. The first-order valence-electron chi connectivity index (χ1n) is 8.38. The van der Waals surface area contributed by atoms with E-state index in [4.69, 9.17) is 16.1 Å². The van der Waals surface area contributed by atoms with Crippen molar-refractivity contribution in [3.05, 3.63) is 34.7 Å². The number of alkyl halides is 3. The Morgan fingerprint density at radius 1 is 1.33 bits per heavy atom. The monoisotopic (exact) mass is 404 g/mol. The van der Waals surface area contributed by atoms with E-state index in [2.05, 4.69) is 15.5 Å². The van der Waals surface area contributed by atoms with Gasteiger partial charge in [0.25, 0.3) is 0 Å². The van der Waals surface area contributed by atoms with Crippen LogP contribution in [0.15, 0.2) is 22.9 Å². The zero-order chi connectivity index (χ0) is 20.0. The van der Waals surface area contributed by atoms with Gasteiger partial charge < -0.3 is 19.8 Å². The first kappa shape index (κ1) is 19.8. The third-order valence-electron chi connectivity index (χ3n) is 4.40. The fourth-order valence-electron chi connectivity index (χ4n) is 2.74. The van der Waals surface area contributed by atoms with E-state index >= 15 is 0 Å². The van der Waals surface area contributed by atoms with Crippen LogP contribution in [-0.2, 0) is 11.6 Å². The summed E-state index contributed by atoms with van der Waals surface area (Å²) in [6.07, 6.45) is -4.17. The van der Waals surface area contributed by atoms with Crippen LogP contribution in [0.2, 0.25) is 5.02 Å². The fraction of sp³-hybridized carbons (Fsp3) is 0.529. The number of nitrogens with zero attached hydrogens (tertiary/aromatic N) is 3. The standard InChI is InChI=1S/C17H20ClF3N4O2/c1-16(2,3)12-7-13(24-27-12)23-15(26)11-4-5-25(11)14-10(18)6-9(8-22-14)17(19,20)21/h6-8,11,15,26H,4-5H2,1-3H3,(H,23,24)/t11-,15?/m0/s1. The molecule has 0 saturated carbocycles. The summed E-state index contributed by atoms with van der Waals surface area (Å²) in [5.74, 6) is 1.25. The zero-order valence-corrected chi connectivity index (χ0v) is 15.8. The molecule has 0 aromatic carbocycles. The van der Waals surface area contributed by atoms with Gasteiger partial charge in [0.05, 0.1) is 16.6 Å². The van der Waals surface area contributed by atoms with E-state index in [1.54, 1.807) is 11.0 Å².